The Balaban J connectivity index is 7.62. The van der Waals surface area contributed by atoms with E-state index in [-0.39, 0.29) is 0 Å². The van der Waals surface area contributed by atoms with Gasteiger partial charge in [0.05, 0.1) is 6.61 Å². The molecule has 0 aliphatic rings. The molecule has 0 aromatic heterocycles. The average molecular weight is 406 g/mol. The zero-order valence-electron chi connectivity index (χ0n) is 15.4. The number of aliphatic hydroxyl groups excluding tert-OH is 1. The minimum Gasteiger partial charge on any atom is -0.393 e. The van der Waals surface area contributed by atoms with Gasteiger partial charge in [0, 0.05) is 0 Å². The van der Waals surface area contributed by atoms with E-state index in [2.05, 4.69) is 12.2 Å². The maximum atomic E-state index is 12.3. The van der Waals surface area contributed by atoms with Crippen molar-refractivity contribution in [2.75, 3.05) is 6.61 Å². The van der Waals surface area contributed by atoms with E-state index in [1.54, 1.807) is 0 Å². The molecule has 0 saturated carbocycles. The molecule has 0 amide bonds. The van der Waals surface area contributed by atoms with Crippen molar-refractivity contribution in [1.82, 2.24) is 0 Å². The van der Waals surface area contributed by atoms with Crippen LogP contribution in [0.3, 0.4) is 0 Å². The fraction of sp³-hybridized carbons (Fsp3) is 0.625. The Morgan fingerprint density at radius 3 is 1.26 bits per heavy atom. The summed E-state index contributed by atoms with van der Waals surface area (Å²) in [5.41, 5.74) is -15.2. The largest absolute Gasteiger partial charge is 0.393 e. The smallest absolute Gasteiger partial charge is 0.203 e. The molecule has 0 radical (unpaired) electrons. The number of ketones is 5. The molecule has 0 aliphatic heterocycles. The number of hydrogen-bond acceptors (Lipinski definition) is 11. The minimum absolute atomic E-state index is 0.516. The molecule has 0 rings (SSSR count). The van der Waals surface area contributed by atoms with Gasteiger partial charge >= 0.3 is 0 Å². The van der Waals surface area contributed by atoms with Gasteiger partial charge in [-0.2, -0.15) is 0 Å². The van der Waals surface area contributed by atoms with E-state index >= 15 is 0 Å². The summed E-state index contributed by atoms with van der Waals surface area (Å²) in [5.74, 6) is -7.55. The predicted octanol–water partition coefficient (Wildman–Crippen LogP) is -2.78. The molecule has 27 heavy (non-hydrogen) atoms. The number of rotatable bonds is 10. The Labute approximate surface area is 159 Å². The van der Waals surface area contributed by atoms with Gasteiger partial charge in [-0.3, -0.25) is 24.0 Å². The van der Waals surface area contributed by atoms with Crippen LogP contribution in [0.25, 0.3) is 0 Å². The lowest BCUT2D eigenvalue weighted by Crippen LogP contribution is -2.85. The zero-order valence-corrected chi connectivity index (χ0v) is 16.2. The molecule has 0 spiro atoms. The SMILES string of the molecule is CC(=O)C(=S)[C@@](O)(C(C)=O)[C@](O)(C(C)=O)[C@](O)(C(C)=O)[C@](O)(CO)C(C)=O. The van der Waals surface area contributed by atoms with Crippen molar-refractivity contribution in [3.05, 3.63) is 0 Å². The molecular weight excluding hydrogens is 384 g/mol. The molecule has 0 saturated heterocycles. The van der Waals surface area contributed by atoms with E-state index in [4.69, 9.17) is 0 Å². The van der Waals surface area contributed by atoms with E-state index in [1.165, 1.54) is 0 Å². The second-order valence-corrected chi connectivity index (χ2v) is 6.67. The lowest BCUT2D eigenvalue weighted by molar-refractivity contribution is -0.258. The fourth-order valence-corrected chi connectivity index (χ4v) is 3.22. The van der Waals surface area contributed by atoms with Crippen LogP contribution in [0.4, 0.5) is 0 Å². The van der Waals surface area contributed by atoms with Gasteiger partial charge in [-0.25, -0.2) is 0 Å². The topological polar surface area (TPSA) is 186 Å². The molecule has 0 aromatic carbocycles. The lowest BCUT2D eigenvalue weighted by atomic mass is 9.57. The van der Waals surface area contributed by atoms with Gasteiger partial charge in [0.1, 0.15) is 4.86 Å². The number of Topliss-reactive ketones (excluding diaryl/α,β-unsaturated/α-hetero) is 5. The van der Waals surface area contributed by atoms with Crippen molar-refractivity contribution >= 4 is 46.0 Å². The summed E-state index contributed by atoms with van der Waals surface area (Å²) in [6, 6.07) is 0. The second-order valence-electron chi connectivity index (χ2n) is 6.26. The minimum atomic E-state index is -4.00. The number of aliphatic hydroxyl groups is 5. The van der Waals surface area contributed by atoms with Crippen LogP contribution in [0.1, 0.15) is 34.6 Å². The first-order valence-electron chi connectivity index (χ1n) is 7.54. The van der Waals surface area contributed by atoms with E-state index in [1.807, 2.05) is 0 Å². The quantitative estimate of drug-likeness (QED) is 0.236. The molecule has 152 valence electrons. The first-order valence-corrected chi connectivity index (χ1v) is 7.95. The number of carbonyl (C=O) groups excluding carboxylic acids is 5. The molecular formula is C16H22O10S. The first kappa shape index (κ1) is 25.2. The highest BCUT2D eigenvalue weighted by Gasteiger charge is 2.78. The molecule has 0 heterocycles. The number of thiocarbonyl (C=S) groups is 1. The summed E-state index contributed by atoms with van der Waals surface area (Å²) < 4.78 is 0. The third-order valence-electron chi connectivity index (χ3n) is 4.63. The van der Waals surface area contributed by atoms with Crippen molar-refractivity contribution in [1.29, 1.82) is 0 Å². The van der Waals surface area contributed by atoms with Gasteiger partial charge in [0.2, 0.25) is 16.8 Å². The monoisotopic (exact) mass is 406 g/mol. The molecule has 5 N–H and O–H groups in total. The van der Waals surface area contributed by atoms with Crippen LogP contribution in [-0.4, -0.2) is 88.3 Å². The van der Waals surface area contributed by atoms with Crippen molar-refractivity contribution in [3.63, 3.8) is 0 Å². The maximum absolute atomic E-state index is 12.3. The van der Waals surface area contributed by atoms with E-state index < -0.39 is 62.8 Å². The van der Waals surface area contributed by atoms with Gasteiger partial charge in [-0.1, -0.05) is 12.2 Å². The summed E-state index contributed by atoms with van der Waals surface area (Å²) in [4.78, 5) is 59.1. The van der Waals surface area contributed by atoms with Crippen LogP contribution >= 0.6 is 12.2 Å². The van der Waals surface area contributed by atoms with Crippen molar-refractivity contribution in [2.45, 2.75) is 57.0 Å². The normalized spacial score (nSPS) is 20.2. The van der Waals surface area contributed by atoms with Gasteiger partial charge in [-0.05, 0) is 34.6 Å². The summed E-state index contributed by atoms with van der Waals surface area (Å²) in [7, 11) is 0. The van der Waals surface area contributed by atoms with Crippen LogP contribution in [0.5, 0.6) is 0 Å². The van der Waals surface area contributed by atoms with Crippen LogP contribution in [0, 0.1) is 0 Å². The zero-order chi connectivity index (χ0) is 22.2. The Bertz CT molecular complexity index is 731. The third-order valence-corrected chi connectivity index (χ3v) is 5.22. The Hall–Kier alpha value is -1.76. The van der Waals surface area contributed by atoms with Gasteiger partial charge in [0.25, 0.3) is 0 Å². The molecule has 0 aromatic rings. The van der Waals surface area contributed by atoms with Gasteiger partial charge in [0.15, 0.2) is 34.5 Å². The van der Waals surface area contributed by atoms with E-state index in [0.29, 0.717) is 27.7 Å². The van der Waals surface area contributed by atoms with Gasteiger partial charge in [-0.15, -0.1) is 0 Å². The third kappa shape index (κ3) is 3.10. The van der Waals surface area contributed by atoms with E-state index in [0.717, 1.165) is 6.92 Å². The highest BCUT2D eigenvalue weighted by Crippen LogP contribution is 2.43. The molecule has 4 atom stereocenters. The average Bonchev–Trinajstić information content (AvgIpc) is 2.56. The fourth-order valence-electron chi connectivity index (χ4n) is 2.93. The highest BCUT2D eigenvalue weighted by molar-refractivity contribution is 7.82. The molecule has 10 nitrogen and oxygen atoms in total. The maximum Gasteiger partial charge on any atom is 0.203 e. The molecule has 11 heteroatoms. The van der Waals surface area contributed by atoms with Crippen LogP contribution in [0.15, 0.2) is 0 Å². The summed E-state index contributed by atoms with van der Waals surface area (Å²) >= 11 is 4.65. The van der Waals surface area contributed by atoms with Crippen LogP contribution < -0.4 is 0 Å². The summed E-state index contributed by atoms with van der Waals surface area (Å²) in [5, 5.41) is 52.8. The lowest BCUT2D eigenvalue weighted by Gasteiger charge is -2.52. The van der Waals surface area contributed by atoms with Crippen LogP contribution in [0.2, 0.25) is 0 Å². The standard InChI is InChI=1S/C16H22O10S/c1-7(18)12(27)14(24,9(3)20)16(26,11(5)22)15(25,10(4)21)13(23,6-17)8(2)19/h17,23-26H,6H2,1-5H3/t13-,14-,15-,16+/m0/s1. The summed E-state index contributed by atoms with van der Waals surface area (Å²) in [6.45, 7) is 1.33. The number of carbonyl (C=O) groups is 5. The Morgan fingerprint density at radius 1 is 0.704 bits per heavy atom. The Morgan fingerprint density at radius 2 is 1.07 bits per heavy atom. The van der Waals surface area contributed by atoms with Gasteiger partial charge < -0.3 is 25.5 Å². The predicted molar refractivity (Wildman–Crippen MR) is 92.9 cm³/mol. The first-order chi connectivity index (χ1) is 11.9. The van der Waals surface area contributed by atoms with Crippen molar-refractivity contribution in [2.24, 2.45) is 0 Å². The Kier molecular flexibility index (Phi) is 7.20. The van der Waals surface area contributed by atoms with Crippen molar-refractivity contribution in [3.8, 4) is 0 Å². The highest BCUT2D eigenvalue weighted by atomic mass is 32.1. The molecule has 0 aliphatic carbocycles. The van der Waals surface area contributed by atoms with Crippen molar-refractivity contribution < 1.29 is 49.5 Å². The molecule has 0 fully saturated rings. The van der Waals surface area contributed by atoms with Crippen LogP contribution in [-0.2, 0) is 24.0 Å². The number of hydrogen-bond donors (Lipinski definition) is 5. The summed E-state index contributed by atoms with van der Waals surface area (Å²) in [6.07, 6.45) is 0. The van der Waals surface area contributed by atoms with E-state index in [9.17, 15) is 49.5 Å². The molecule has 0 bridgehead atoms. The second kappa shape index (κ2) is 7.70. The molecule has 0 unspecified atom stereocenters.